The molecule has 0 aliphatic heterocycles. The minimum Gasteiger partial charge on any atom is -0.326 e. The van der Waals surface area contributed by atoms with Crippen molar-refractivity contribution in [3.63, 3.8) is 0 Å². The minimum absolute atomic E-state index is 0.0144. The molecular weight excluding hydrogens is 360 g/mol. The first-order valence-corrected chi connectivity index (χ1v) is 10.9. The smallest absolute Gasteiger partial charge is 0.261 e. The Labute approximate surface area is 162 Å². The van der Waals surface area contributed by atoms with E-state index in [9.17, 15) is 13.2 Å². The van der Waals surface area contributed by atoms with Crippen LogP contribution in [0.3, 0.4) is 0 Å². The zero-order valence-electron chi connectivity index (χ0n) is 16.0. The van der Waals surface area contributed by atoms with Crippen molar-refractivity contribution in [2.75, 3.05) is 10.0 Å². The van der Waals surface area contributed by atoms with Crippen LogP contribution in [0.1, 0.15) is 51.0 Å². The lowest BCUT2D eigenvalue weighted by Gasteiger charge is -2.10. The molecule has 146 valence electrons. The average molecular weight is 389 g/mol. The van der Waals surface area contributed by atoms with Gasteiger partial charge in [0, 0.05) is 17.8 Å². The van der Waals surface area contributed by atoms with E-state index in [4.69, 9.17) is 0 Å². The summed E-state index contributed by atoms with van der Waals surface area (Å²) in [6, 6.07) is 13.3. The zero-order chi connectivity index (χ0) is 19.7. The van der Waals surface area contributed by atoms with E-state index in [2.05, 4.69) is 17.0 Å². The lowest BCUT2D eigenvalue weighted by Crippen LogP contribution is -2.13. The van der Waals surface area contributed by atoms with Gasteiger partial charge in [-0.2, -0.15) is 0 Å². The van der Waals surface area contributed by atoms with Crippen LogP contribution in [0.2, 0.25) is 0 Å². The summed E-state index contributed by atoms with van der Waals surface area (Å²) in [6.45, 7) is 4.07. The van der Waals surface area contributed by atoms with E-state index in [0.29, 0.717) is 17.8 Å². The fourth-order valence-corrected chi connectivity index (χ4v) is 3.72. The number of aryl methyl sites for hydroxylation is 1. The summed E-state index contributed by atoms with van der Waals surface area (Å²) in [4.78, 5) is 12.2. The van der Waals surface area contributed by atoms with Gasteiger partial charge in [0.05, 0.1) is 4.90 Å². The highest BCUT2D eigenvalue weighted by Crippen LogP contribution is 2.19. The number of rotatable bonds is 10. The maximum absolute atomic E-state index is 12.4. The van der Waals surface area contributed by atoms with Gasteiger partial charge in [0.15, 0.2) is 0 Å². The standard InChI is InChI=1S/C21H28N2O3S/c1-3-4-5-6-7-8-21(24)22-18-11-13-19(14-12-18)23-27(25,26)20-15-9-17(2)10-16-20/h9-16,23H,3-8H2,1-2H3,(H,22,24). The third kappa shape index (κ3) is 7.06. The van der Waals surface area contributed by atoms with E-state index >= 15 is 0 Å². The molecule has 0 spiro atoms. The van der Waals surface area contributed by atoms with Crippen LogP contribution in [0.4, 0.5) is 11.4 Å². The van der Waals surface area contributed by atoms with Crippen LogP contribution in [0, 0.1) is 6.92 Å². The van der Waals surface area contributed by atoms with Gasteiger partial charge in [-0.3, -0.25) is 9.52 Å². The van der Waals surface area contributed by atoms with Crippen LogP contribution in [-0.2, 0) is 14.8 Å². The van der Waals surface area contributed by atoms with Gasteiger partial charge in [-0.05, 0) is 49.7 Å². The molecule has 2 rings (SSSR count). The quantitative estimate of drug-likeness (QED) is 0.556. The normalized spacial score (nSPS) is 11.2. The Bertz CT molecular complexity index is 829. The van der Waals surface area contributed by atoms with E-state index in [1.165, 1.54) is 19.3 Å². The molecule has 0 saturated heterocycles. The number of carbonyl (C=O) groups excluding carboxylic acids is 1. The van der Waals surface area contributed by atoms with Crippen molar-refractivity contribution in [3.8, 4) is 0 Å². The first kappa shape index (κ1) is 21.0. The number of benzene rings is 2. The molecule has 2 aromatic rings. The SMILES string of the molecule is CCCCCCCC(=O)Nc1ccc(NS(=O)(=O)c2ccc(C)cc2)cc1. The Morgan fingerprint density at radius 3 is 2.07 bits per heavy atom. The van der Waals surface area contributed by atoms with Crippen molar-refractivity contribution >= 4 is 27.3 Å². The summed E-state index contributed by atoms with van der Waals surface area (Å²) in [5.41, 5.74) is 2.11. The van der Waals surface area contributed by atoms with Gasteiger partial charge in [0.1, 0.15) is 0 Å². The molecule has 0 aliphatic carbocycles. The molecule has 27 heavy (non-hydrogen) atoms. The summed E-state index contributed by atoms with van der Waals surface area (Å²) in [5.74, 6) is -0.0144. The predicted octanol–water partition coefficient (Wildman–Crippen LogP) is 5.09. The van der Waals surface area contributed by atoms with Crippen LogP contribution in [-0.4, -0.2) is 14.3 Å². The number of nitrogens with one attached hydrogen (secondary N) is 2. The number of sulfonamides is 1. The Kier molecular flexibility index (Phi) is 7.85. The van der Waals surface area contributed by atoms with E-state index < -0.39 is 10.0 Å². The molecule has 1 amide bonds. The molecule has 0 aromatic heterocycles. The van der Waals surface area contributed by atoms with E-state index in [1.807, 2.05) is 6.92 Å². The molecule has 0 fully saturated rings. The van der Waals surface area contributed by atoms with E-state index in [0.717, 1.165) is 18.4 Å². The van der Waals surface area contributed by atoms with Crippen molar-refractivity contribution in [1.82, 2.24) is 0 Å². The van der Waals surface area contributed by atoms with Crippen LogP contribution < -0.4 is 10.0 Å². The monoisotopic (exact) mass is 388 g/mol. The molecule has 0 radical (unpaired) electrons. The number of amides is 1. The maximum atomic E-state index is 12.4. The van der Waals surface area contributed by atoms with Crippen molar-refractivity contribution in [3.05, 3.63) is 54.1 Å². The molecular formula is C21H28N2O3S. The summed E-state index contributed by atoms with van der Waals surface area (Å²) >= 11 is 0. The Morgan fingerprint density at radius 2 is 1.44 bits per heavy atom. The molecule has 0 unspecified atom stereocenters. The average Bonchev–Trinajstić information content (AvgIpc) is 2.63. The molecule has 6 heteroatoms. The molecule has 0 bridgehead atoms. The fourth-order valence-electron chi connectivity index (χ4n) is 2.67. The molecule has 0 aliphatic rings. The molecule has 0 atom stereocenters. The third-order valence-electron chi connectivity index (χ3n) is 4.26. The van der Waals surface area contributed by atoms with Crippen molar-refractivity contribution in [2.24, 2.45) is 0 Å². The van der Waals surface area contributed by atoms with Gasteiger partial charge >= 0.3 is 0 Å². The van der Waals surface area contributed by atoms with Gasteiger partial charge in [-0.25, -0.2) is 8.42 Å². The number of carbonyl (C=O) groups is 1. The van der Waals surface area contributed by atoms with Gasteiger partial charge < -0.3 is 5.32 Å². The van der Waals surface area contributed by atoms with E-state index in [-0.39, 0.29) is 10.8 Å². The molecule has 2 N–H and O–H groups in total. The van der Waals surface area contributed by atoms with Gasteiger partial charge in [0.25, 0.3) is 10.0 Å². The van der Waals surface area contributed by atoms with Gasteiger partial charge in [-0.15, -0.1) is 0 Å². The second-order valence-corrected chi connectivity index (χ2v) is 8.39. The summed E-state index contributed by atoms with van der Waals surface area (Å²) < 4.78 is 27.3. The number of unbranched alkanes of at least 4 members (excludes halogenated alkanes) is 4. The molecule has 0 heterocycles. The van der Waals surface area contributed by atoms with E-state index in [1.54, 1.807) is 48.5 Å². The first-order valence-electron chi connectivity index (χ1n) is 9.40. The highest BCUT2D eigenvalue weighted by Gasteiger charge is 2.13. The summed E-state index contributed by atoms with van der Waals surface area (Å²) in [7, 11) is -3.62. The minimum atomic E-state index is -3.62. The topological polar surface area (TPSA) is 75.3 Å². The number of hydrogen-bond acceptors (Lipinski definition) is 3. The molecule has 2 aromatic carbocycles. The van der Waals surface area contributed by atoms with Crippen LogP contribution in [0.5, 0.6) is 0 Å². The Morgan fingerprint density at radius 1 is 0.852 bits per heavy atom. The number of hydrogen-bond donors (Lipinski definition) is 2. The molecule has 5 nitrogen and oxygen atoms in total. The largest absolute Gasteiger partial charge is 0.326 e. The predicted molar refractivity (Wildman–Crippen MR) is 110 cm³/mol. The van der Waals surface area contributed by atoms with Crippen LogP contribution in [0.25, 0.3) is 0 Å². The number of anilines is 2. The Balaban J connectivity index is 1.87. The lowest BCUT2D eigenvalue weighted by molar-refractivity contribution is -0.116. The Hall–Kier alpha value is -2.34. The summed E-state index contributed by atoms with van der Waals surface area (Å²) in [6.07, 6.45) is 6.03. The summed E-state index contributed by atoms with van der Waals surface area (Å²) in [5, 5.41) is 2.84. The van der Waals surface area contributed by atoms with Crippen molar-refractivity contribution in [2.45, 2.75) is 57.3 Å². The van der Waals surface area contributed by atoms with Gasteiger partial charge in [0.2, 0.25) is 5.91 Å². The second-order valence-electron chi connectivity index (χ2n) is 6.71. The van der Waals surface area contributed by atoms with Crippen molar-refractivity contribution < 1.29 is 13.2 Å². The highest BCUT2D eigenvalue weighted by atomic mass is 32.2. The highest BCUT2D eigenvalue weighted by molar-refractivity contribution is 7.92. The lowest BCUT2D eigenvalue weighted by atomic mass is 10.1. The van der Waals surface area contributed by atoms with Crippen LogP contribution >= 0.6 is 0 Å². The fraction of sp³-hybridized carbons (Fsp3) is 0.381. The van der Waals surface area contributed by atoms with Crippen LogP contribution in [0.15, 0.2) is 53.4 Å². The maximum Gasteiger partial charge on any atom is 0.261 e. The van der Waals surface area contributed by atoms with Gasteiger partial charge in [-0.1, -0.05) is 50.3 Å². The first-order chi connectivity index (χ1) is 12.9. The second kappa shape index (κ2) is 10.1. The van der Waals surface area contributed by atoms with Crippen molar-refractivity contribution in [1.29, 1.82) is 0 Å². The third-order valence-corrected chi connectivity index (χ3v) is 5.66. The zero-order valence-corrected chi connectivity index (χ0v) is 16.8. The molecule has 0 saturated carbocycles.